The highest BCUT2D eigenvalue weighted by molar-refractivity contribution is 5.94. The van der Waals surface area contributed by atoms with Crippen molar-refractivity contribution in [2.24, 2.45) is 0 Å². The third-order valence-corrected chi connectivity index (χ3v) is 2.61. The molecule has 4 nitrogen and oxygen atoms in total. The Bertz CT molecular complexity index is 304. The molecule has 0 bridgehead atoms. The summed E-state index contributed by atoms with van der Waals surface area (Å²) in [5, 5.41) is 2.38. The lowest BCUT2D eigenvalue weighted by Gasteiger charge is -2.35. The van der Waals surface area contributed by atoms with Gasteiger partial charge in [-0.25, -0.2) is 0 Å². The Morgan fingerprint density at radius 1 is 1.41 bits per heavy atom. The second-order valence-electron chi connectivity index (χ2n) is 3.97. The molecular formula is C10H15F3N2O2. The quantitative estimate of drug-likeness (QED) is 0.813. The first-order valence-electron chi connectivity index (χ1n) is 5.49. The van der Waals surface area contributed by atoms with Crippen LogP contribution in [0.25, 0.3) is 0 Å². The SMILES string of the molecule is CCCC1C(=O)NCC(=O)N1CCC(F)(F)F. The number of piperazine rings is 1. The van der Waals surface area contributed by atoms with Crippen molar-refractivity contribution in [2.75, 3.05) is 13.1 Å². The summed E-state index contributed by atoms with van der Waals surface area (Å²) in [5.74, 6) is -0.819. The molecule has 0 aliphatic carbocycles. The Morgan fingerprint density at radius 3 is 2.59 bits per heavy atom. The Labute approximate surface area is 97.1 Å². The van der Waals surface area contributed by atoms with Crippen molar-refractivity contribution in [1.29, 1.82) is 0 Å². The number of hydrogen-bond donors (Lipinski definition) is 1. The molecule has 0 saturated carbocycles. The molecule has 17 heavy (non-hydrogen) atoms. The van der Waals surface area contributed by atoms with E-state index in [1.54, 1.807) is 0 Å². The van der Waals surface area contributed by atoms with E-state index in [-0.39, 0.29) is 12.5 Å². The van der Waals surface area contributed by atoms with Gasteiger partial charge >= 0.3 is 6.18 Å². The van der Waals surface area contributed by atoms with Gasteiger partial charge in [0.15, 0.2) is 0 Å². The van der Waals surface area contributed by atoms with Gasteiger partial charge < -0.3 is 10.2 Å². The van der Waals surface area contributed by atoms with E-state index in [1.807, 2.05) is 6.92 Å². The Balaban J connectivity index is 2.68. The monoisotopic (exact) mass is 252 g/mol. The second-order valence-corrected chi connectivity index (χ2v) is 3.97. The summed E-state index contributed by atoms with van der Waals surface area (Å²) >= 11 is 0. The van der Waals surface area contributed by atoms with Gasteiger partial charge in [-0.2, -0.15) is 13.2 Å². The molecule has 98 valence electrons. The van der Waals surface area contributed by atoms with Gasteiger partial charge in [0.05, 0.1) is 13.0 Å². The third kappa shape index (κ3) is 3.90. The van der Waals surface area contributed by atoms with Gasteiger partial charge in [0.2, 0.25) is 11.8 Å². The van der Waals surface area contributed by atoms with E-state index in [2.05, 4.69) is 5.32 Å². The molecule has 0 aromatic rings. The highest BCUT2D eigenvalue weighted by Gasteiger charge is 2.36. The minimum absolute atomic E-state index is 0.211. The Kier molecular flexibility index (Phi) is 4.36. The lowest BCUT2D eigenvalue weighted by atomic mass is 10.1. The molecule has 0 aromatic heterocycles. The van der Waals surface area contributed by atoms with Gasteiger partial charge in [0.25, 0.3) is 0 Å². The number of carbonyl (C=O) groups excluding carboxylic acids is 2. The molecule has 1 rings (SSSR count). The number of alkyl halides is 3. The molecule has 2 amide bonds. The zero-order chi connectivity index (χ0) is 13.1. The van der Waals surface area contributed by atoms with Crippen molar-refractivity contribution in [3.8, 4) is 0 Å². The van der Waals surface area contributed by atoms with E-state index < -0.39 is 31.1 Å². The van der Waals surface area contributed by atoms with Crippen molar-refractivity contribution < 1.29 is 22.8 Å². The fourth-order valence-electron chi connectivity index (χ4n) is 1.79. The number of hydrogen-bond acceptors (Lipinski definition) is 2. The fraction of sp³-hybridized carbons (Fsp3) is 0.800. The lowest BCUT2D eigenvalue weighted by Crippen LogP contribution is -2.58. The summed E-state index contributed by atoms with van der Waals surface area (Å²) in [5.41, 5.74) is 0. The molecule has 0 radical (unpaired) electrons. The van der Waals surface area contributed by atoms with Crippen molar-refractivity contribution >= 4 is 11.8 Å². The second kappa shape index (κ2) is 5.37. The summed E-state index contributed by atoms with van der Waals surface area (Å²) in [4.78, 5) is 24.0. The van der Waals surface area contributed by atoms with Crippen LogP contribution in [-0.2, 0) is 9.59 Å². The fourth-order valence-corrected chi connectivity index (χ4v) is 1.79. The summed E-state index contributed by atoms with van der Waals surface area (Å²) in [6, 6.07) is -0.761. The van der Waals surface area contributed by atoms with Crippen molar-refractivity contribution in [3.63, 3.8) is 0 Å². The van der Waals surface area contributed by atoms with Crippen LogP contribution in [0.5, 0.6) is 0 Å². The summed E-state index contributed by atoms with van der Waals surface area (Å²) < 4.78 is 36.3. The Morgan fingerprint density at radius 2 is 2.06 bits per heavy atom. The molecule has 1 aliphatic rings. The minimum atomic E-state index is -4.31. The number of carbonyl (C=O) groups is 2. The molecule has 1 unspecified atom stereocenters. The number of nitrogens with one attached hydrogen (secondary N) is 1. The van der Waals surface area contributed by atoms with Crippen LogP contribution < -0.4 is 5.32 Å². The molecule has 0 aromatic carbocycles. The maximum atomic E-state index is 12.1. The normalized spacial score (nSPS) is 21.6. The van der Waals surface area contributed by atoms with Crippen molar-refractivity contribution in [1.82, 2.24) is 10.2 Å². The molecule has 1 fully saturated rings. The smallest absolute Gasteiger partial charge is 0.345 e. The van der Waals surface area contributed by atoms with Gasteiger partial charge in [-0.05, 0) is 6.42 Å². The summed E-state index contributed by atoms with van der Waals surface area (Å²) in [7, 11) is 0. The van der Waals surface area contributed by atoms with Crippen molar-refractivity contribution in [2.45, 2.75) is 38.4 Å². The van der Waals surface area contributed by atoms with Crippen LogP contribution in [0.3, 0.4) is 0 Å². The first kappa shape index (κ1) is 13.8. The van der Waals surface area contributed by atoms with Gasteiger partial charge in [0, 0.05) is 6.54 Å². The molecule has 0 spiro atoms. The van der Waals surface area contributed by atoms with E-state index in [4.69, 9.17) is 0 Å². The van der Waals surface area contributed by atoms with Gasteiger partial charge in [-0.1, -0.05) is 13.3 Å². The van der Waals surface area contributed by atoms with Crippen LogP contribution in [0, 0.1) is 0 Å². The number of amides is 2. The predicted molar refractivity (Wildman–Crippen MR) is 54.1 cm³/mol. The highest BCUT2D eigenvalue weighted by atomic mass is 19.4. The van der Waals surface area contributed by atoms with E-state index in [1.165, 1.54) is 0 Å². The average Bonchev–Trinajstić information content (AvgIpc) is 2.21. The van der Waals surface area contributed by atoms with Crippen molar-refractivity contribution in [3.05, 3.63) is 0 Å². The standard InChI is InChI=1S/C10H15F3N2O2/c1-2-3-7-9(17)14-6-8(16)15(7)5-4-10(11,12)13/h7H,2-6H2,1H3,(H,14,17). The van der Waals surface area contributed by atoms with Crippen LogP contribution in [0.15, 0.2) is 0 Å². The molecule has 1 heterocycles. The van der Waals surface area contributed by atoms with Crippen LogP contribution in [-0.4, -0.2) is 42.0 Å². The third-order valence-electron chi connectivity index (χ3n) is 2.61. The summed E-state index contributed by atoms with van der Waals surface area (Å²) in [6.07, 6.45) is -4.37. The van der Waals surface area contributed by atoms with Crippen LogP contribution >= 0.6 is 0 Å². The van der Waals surface area contributed by atoms with E-state index in [0.29, 0.717) is 12.8 Å². The number of rotatable bonds is 4. The topological polar surface area (TPSA) is 49.4 Å². The van der Waals surface area contributed by atoms with Gasteiger partial charge in [0.1, 0.15) is 6.04 Å². The maximum Gasteiger partial charge on any atom is 0.390 e. The van der Waals surface area contributed by atoms with Crippen LogP contribution in [0.1, 0.15) is 26.2 Å². The zero-order valence-corrected chi connectivity index (χ0v) is 9.51. The molecule has 1 N–H and O–H groups in total. The highest BCUT2D eigenvalue weighted by Crippen LogP contribution is 2.22. The lowest BCUT2D eigenvalue weighted by molar-refractivity contribution is -0.155. The molecule has 1 atom stereocenters. The molecule has 1 saturated heterocycles. The summed E-state index contributed by atoms with van der Waals surface area (Å²) in [6.45, 7) is 1.16. The number of halogens is 3. The first-order chi connectivity index (χ1) is 7.85. The zero-order valence-electron chi connectivity index (χ0n) is 9.51. The average molecular weight is 252 g/mol. The largest absolute Gasteiger partial charge is 0.390 e. The van der Waals surface area contributed by atoms with Crippen LogP contribution in [0.2, 0.25) is 0 Å². The molecule has 1 aliphatic heterocycles. The maximum absolute atomic E-state index is 12.1. The number of nitrogens with zero attached hydrogens (tertiary/aromatic N) is 1. The first-order valence-corrected chi connectivity index (χ1v) is 5.49. The van der Waals surface area contributed by atoms with E-state index in [0.717, 1.165) is 4.90 Å². The van der Waals surface area contributed by atoms with Gasteiger partial charge in [-0.15, -0.1) is 0 Å². The van der Waals surface area contributed by atoms with E-state index in [9.17, 15) is 22.8 Å². The Hall–Kier alpha value is -1.27. The van der Waals surface area contributed by atoms with Gasteiger partial charge in [-0.3, -0.25) is 9.59 Å². The predicted octanol–water partition coefficient (Wildman–Crippen LogP) is 1.07. The minimum Gasteiger partial charge on any atom is -0.345 e. The van der Waals surface area contributed by atoms with Crippen LogP contribution in [0.4, 0.5) is 13.2 Å². The molecule has 7 heteroatoms. The molecular weight excluding hydrogens is 237 g/mol. The van der Waals surface area contributed by atoms with E-state index >= 15 is 0 Å².